The monoisotopic (exact) mass is 320 g/mol. The molecule has 0 amide bonds. The van der Waals surface area contributed by atoms with Crippen molar-refractivity contribution in [1.29, 1.82) is 0 Å². The molecule has 128 valence electrons. The van der Waals surface area contributed by atoms with Crippen molar-refractivity contribution in [1.82, 2.24) is 0 Å². The molecule has 0 heterocycles. The molecule has 22 heavy (non-hydrogen) atoms. The molecule has 0 saturated carbocycles. The predicted octanol–water partition coefficient (Wildman–Crippen LogP) is 1.01. The van der Waals surface area contributed by atoms with Gasteiger partial charge in [0.2, 0.25) is 0 Å². The van der Waals surface area contributed by atoms with Gasteiger partial charge in [-0.15, -0.1) is 0 Å². The zero-order valence-corrected chi connectivity index (χ0v) is 13.5. The minimum atomic E-state index is -0.398. The summed E-state index contributed by atoms with van der Waals surface area (Å²) >= 11 is 0. The summed E-state index contributed by atoms with van der Waals surface area (Å²) < 4.78 is 17.8. The molecule has 0 N–H and O–H groups in total. The lowest BCUT2D eigenvalue weighted by Crippen LogP contribution is -2.09. The minimum Gasteiger partial charge on any atom is -0.469 e. The topological polar surface area (TPSA) is 105 Å². The van der Waals surface area contributed by atoms with Gasteiger partial charge >= 0.3 is 23.9 Å². The summed E-state index contributed by atoms with van der Waals surface area (Å²) in [4.78, 5) is 42.2. The van der Waals surface area contributed by atoms with Crippen molar-refractivity contribution in [3.63, 3.8) is 0 Å². The Labute approximate surface area is 130 Å². The number of hydrogen-bond acceptors (Lipinski definition) is 8. The first-order chi connectivity index (χ1) is 10.4. The van der Waals surface area contributed by atoms with Gasteiger partial charge in [0.05, 0.1) is 53.1 Å². The summed E-state index contributed by atoms with van der Waals surface area (Å²) in [5.74, 6) is -1.51. The minimum absolute atomic E-state index is 0.0865. The third-order valence-corrected chi connectivity index (χ3v) is 2.13. The maximum absolute atomic E-state index is 10.7. The summed E-state index contributed by atoms with van der Waals surface area (Å²) in [6, 6.07) is 0. The van der Waals surface area contributed by atoms with Crippen molar-refractivity contribution in [3.05, 3.63) is 0 Å². The van der Waals surface area contributed by atoms with E-state index in [-0.39, 0.29) is 37.6 Å². The van der Waals surface area contributed by atoms with Crippen LogP contribution in [-0.4, -0.2) is 51.3 Å². The van der Waals surface area contributed by atoms with Crippen LogP contribution in [0.15, 0.2) is 0 Å². The summed E-state index contributed by atoms with van der Waals surface area (Å²) in [7, 11) is 2.55. The normalized spacial score (nSPS) is 8.91. The number of carbonyl (C=O) groups is 4. The van der Waals surface area contributed by atoms with Crippen LogP contribution >= 0.6 is 0 Å². The SMILES string of the molecule is CCOC(=O)CCC(=O)OCC.COC(=O)CCC(=O)OC. The second-order valence-corrected chi connectivity index (χ2v) is 3.76. The van der Waals surface area contributed by atoms with Gasteiger partial charge in [0.25, 0.3) is 0 Å². The van der Waals surface area contributed by atoms with Crippen LogP contribution in [0.3, 0.4) is 0 Å². The second-order valence-electron chi connectivity index (χ2n) is 3.76. The number of hydrogen-bond donors (Lipinski definition) is 0. The highest BCUT2D eigenvalue weighted by molar-refractivity contribution is 5.78. The molecule has 8 nitrogen and oxygen atoms in total. The number of esters is 4. The van der Waals surface area contributed by atoms with Gasteiger partial charge in [-0.25, -0.2) is 0 Å². The fraction of sp³-hybridized carbons (Fsp3) is 0.714. The van der Waals surface area contributed by atoms with E-state index in [4.69, 9.17) is 0 Å². The van der Waals surface area contributed by atoms with E-state index >= 15 is 0 Å². The summed E-state index contributed by atoms with van der Waals surface area (Å²) in [5.41, 5.74) is 0. The second kappa shape index (κ2) is 15.3. The molecule has 0 bridgehead atoms. The lowest BCUT2D eigenvalue weighted by Gasteiger charge is -2.01. The highest BCUT2D eigenvalue weighted by Gasteiger charge is 2.07. The molecule has 0 aromatic heterocycles. The highest BCUT2D eigenvalue weighted by atomic mass is 16.5. The summed E-state index contributed by atoms with van der Waals surface area (Å²) in [6.07, 6.45) is 0.381. The van der Waals surface area contributed by atoms with E-state index in [0.717, 1.165) is 0 Å². The fourth-order valence-corrected chi connectivity index (χ4v) is 1.08. The zero-order chi connectivity index (χ0) is 17.4. The molecule has 0 spiro atoms. The van der Waals surface area contributed by atoms with Crippen LogP contribution < -0.4 is 0 Å². The van der Waals surface area contributed by atoms with Crippen LogP contribution in [0.1, 0.15) is 39.5 Å². The first-order valence-electron chi connectivity index (χ1n) is 6.86. The van der Waals surface area contributed by atoms with Crippen molar-refractivity contribution < 1.29 is 38.1 Å². The van der Waals surface area contributed by atoms with Crippen LogP contribution in [0.5, 0.6) is 0 Å². The number of rotatable bonds is 8. The van der Waals surface area contributed by atoms with Gasteiger partial charge in [-0.2, -0.15) is 0 Å². The third-order valence-electron chi connectivity index (χ3n) is 2.13. The summed E-state index contributed by atoms with van der Waals surface area (Å²) in [6.45, 7) is 4.15. The van der Waals surface area contributed by atoms with Crippen molar-refractivity contribution in [3.8, 4) is 0 Å². The molecule has 0 atom stereocenters. The number of methoxy groups -OCH3 is 2. The Morgan fingerprint density at radius 1 is 0.591 bits per heavy atom. The van der Waals surface area contributed by atoms with E-state index in [1.54, 1.807) is 13.8 Å². The van der Waals surface area contributed by atoms with Gasteiger partial charge in [0.1, 0.15) is 0 Å². The molecule has 0 saturated heterocycles. The van der Waals surface area contributed by atoms with Crippen molar-refractivity contribution in [2.24, 2.45) is 0 Å². The average Bonchev–Trinajstić information content (AvgIpc) is 2.51. The summed E-state index contributed by atoms with van der Waals surface area (Å²) in [5, 5.41) is 0. The van der Waals surface area contributed by atoms with E-state index in [0.29, 0.717) is 13.2 Å². The van der Waals surface area contributed by atoms with Crippen LogP contribution in [0, 0.1) is 0 Å². The maximum atomic E-state index is 10.7. The molecule has 0 rings (SSSR count). The molecule has 0 aromatic rings. The van der Waals surface area contributed by atoms with Crippen molar-refractivity contribution in [2.45, 2.75) is 39.5 Å². The van der Waals surface area contributed by atoms with Crippen LogP contribution in [0.4, 0.5) is 0 Å². The van der Waals surface area contributed by atoms with E-state index in [1.165, 1.54) is 14.2 Å². The lowest BCUT2D eigenvalue weighted by atomic mass is 10.3. The largest absolute Gasteiger partial charge is 0.469 e. The maximum Gasteiger partial charge on any atom is 0.306 e. The van der Waals surface area contributed by atoms with E-state index in [9.17, 15) is 19.2 Å². The molecule has 0 aliphatic heterocycles. The van der Waals surface area contributed by atoms with Crippen LogP contribution in [0.25, 0.3) is 0 Å². The first kappa shape index (κ1) is 22.2. The van der Waals surface area contributed by atoms with Gasteiger partial charge in [0, 0.05) is 0 Å². The molecule has 0 aliphatic rings. The Kier molecular flexibility index (Phi) is 15.4. The lowest BCUT2D eigenvalue weighted by molar-refractivity contribution is -0.149. The van der Waals surface area contributed by atoms with E-state index in [1.807, 2.05) is 0 Å². The molecule has 0 aromatic carbocycles. The van der Waals surface area contributed by atoms with Crippen LogP contribution in [-0.2, 0) is 38.1 Å². The molecule has 0 fully saturated rings. The first-order valence-corrected chi connectivity index (χ1v) is 6.86. The Morgan fingerprint density at radius 2 is 0.864 bits per heavy atom. The van der Waals surface area contributed by atoms with Gasteiger partial charge < -0.3 is 18.9 Å². The van der Waals surface area contributed by atoms with E-state index in [2.05, 4.69) is 18.9 Å². The third kappa shape index (κ3) is 15.9. The average molecular weight is 320 g/mol. The Balaban J connectivity index is 0. The molecular weight excluding hydrogens is 296 g/mol. The van der Waals surface area contributed by atoms with Gasteiger partial charge in [-0.05, 0) is 13.8 Å². The van der Waals surface area contributed by atoms with Gasteiger partial charge in [-0.1, -0.05) is 0 Å². The zero-order valence-electron chi connectivity index (χ0n) is 13.5. The molecule has 0 radical (unpaired) electrons. The highest BCUT2D eigenvalue weighted by Crippen LogP contribution is 1.95. The van der Waals surface area contributed by atoms with E-state index < -0.39 is 11.9 Å². The Hall–Kier alpha value is -2.12. The van der Waals surface area contributed by atoms with Crippen LogP contribution in [0.2, 0.25) is 0 Å². The smallest absolute Gasteiger partial charge is 0.306 e. The number of carbonyl (C=O) groups excluding carboxylic acids is 4. The van der Waals surface area contributed by atoms with Crippen molar-refractivity contribution in [2.75, 3.05) is 27.4 Å². The van der Waals surface area contributed by atoms with Gasteiger partial charge in [0.15, 0.2) is 0 Å². The predicted molar refractivity (Wildman–Crippen MR) is 75.8 cm³/mol. The van der Waals surface area contributed by atoms with Gasteiger partial charge in [-0.3, -0.25) is 19.2 Å². The van der Waals surface area contributed by atoms with Crippen molar-refractivity contribution >= 4 is 23.9 Å². The Morgan fingerprint density at radius 3 is 1.09 bits per heavy atom. The quantitative estimate of drug-likeness (QED) is 0.482. The molecule has 0 unspecified atom stereocenters. The molecule has 8 heteroatoms. The Bertz CT molecular complexity index is 317. The molecule has 0 aliphatic carbocycles. The molecular formula is C14H24O8. The fourth-order valence-electron chi connectivity index (χ4n) is 1.08. The number of ether oxygens (including phenoxy) is 4. The standard InChI is InChI=1S/C8H14O4.C6H10O4/c1-3-11-7(9)5-6-8(10)12-4-2;1-9-5(7)3-4-6(8)10-2/h3-6H2,1-2H3;3-4H2,1-2H3.